The monoisotopic (exact) mass is 331 g/mol. The van der Waals surface area contributed by atoms with E-state index >= 15 is 0 Å². The highest BCUT2D eigenvalue weighted by atomic mass is 35.5. The van der Waals surface area contributed by atoms with Gasteiger partial charge in [-0.15, -0.1) is 11.6 Å². The molecule has 0 aliphatic rings. The van der Waals surface area contributed by atoms with Gasteiger partial charge in [-0.05, 0) is 25.1 Å². The first-order valence-electron chi connectivity index (χ1n) is 5.84. The molecule has 0 fully saturated rings. The van der Waals surface area contributed by atoms with Crippen LogP contribution in [0.25, 0.3) is 10.9 Å². The van der Waals surface area contributed by atoms with Crippen LogP contribution in [0.5, 0.6) is 5.75 Å². The lowest BCUT2D eigenvalue weighted by Gasteiger charge is -2.06. The number of hydrogen-bond donors (Lipinski definition) is 2. The number of aromatic amines is 1. The Morgan fingerprint density at radius 2 is 2.20 bits per heavy atom. The Bertz CT molecular complexity index is 679. The first-order chi connectivity index (χ1) is 9.51. The molecule has 1 heterocycles. The van der Waals surface area contributed by atoms with Gasteiger partial charge < -0.3 is 9.72 Å². The van der Waals surface area contributed by atoms with Gasteiger partial charge in [-0.2, -0.15) is 4.99 Å². The minimum absolute atomic E-state index is 0.222. The van der Waals surface area contributed by atoms with Gasteiger partial charge in [0.05, 0.1) is 5.02 Å². The molecule has 1 aromatic heterocycles. The Morgan fingerprint density at radius 3 is 2.90 bits per heavy atom. The number of halogens is 3. The summed E-state index contributed by atoms with van der Waals surface area (Å²) in [7, 11) is 0. The molecule has 0 unspecified atom stereocenters. The summed E-state index contributed by atoms with van der Waals surface area (Å²) in [5.41, 5.74) is 1.91. The van der Waals surface area contributed by atoms with Gasteiger partial charge in [0.2, 0.25) is 0 Å². The van der Waals surface area contributed by atoms with Crippen molar-refractivity contribution in [2.45, 2.75) is 13.3 Å². The third-order valence-corrected chi connectivity index (χ3v) is 3.42. The number of aliphatic imine (C=N–C) groups is 1. The molecule has 0 atom stereocenters. The molecule has 7 heteroatoms. The lowest BCUT2D eigenvalue weighted by Crippen LogP contribution is -2.06. The molecular weight excluding hydrogens is 321 g/mol. The van der Waals surface area contributed by atoms with E-state index in [-0.39, 0.29) is 11.2 Å². The standard InChI is InChI=1S/C13H12Cl3N3O/c1-7-6-8-9(18-7)2-3-10(12(8)16)20-13(17)19-11(15)4-5-14/h2-3,6,17-18H,4-5H2,1H3. The van der Waals surface area contributed by atoms with E-state index in [1.807, 2.05) is 19.1 Å². The second-order valence-corrected chi connectivity index (χ2v) is 5.32. The number of benzene rings is 1. The molecule has 2 aromatic rings. The van der Waals surface area contributed by atoms with Crippen molar-refractivity contribution < 1.29 is 4.74 Å². The molecule has 0 saturated heterocycles. The van der Waals surface area contributed by atoms with Gasteiger partial charge in [0.1, 0.15) is 10.9 Å². The number of alkyl halides is 1. The molecule has 2 N–H and O–H groups in total. The SMILES string of the molecule is Cc1cc2c(Cl)c(OC(=N)N=C(Cl)CCCl)ccc2[nH]1. The van der Waals surface area contributed by atoms with Crippen LogP contribution in [0, 0.1) is 12.3 Å². The van der Waals surface area contributed by atoms with Gasteiger partial charge in [-0.1, -0.05) is 23.2 Å². The number of nitrogens with zero attached hydrogens (tertiary/aromatic N) is 1. The minimum Gasteiger partial charge on any atom is -0.423 e. The maximum Gasteiger partial charge on any atom is 0.315 e. The van der Waals surface area contributed by atoms with Crippen LogP contribution in [-0.2, 0) is 0 Å². The zero-order chi connectivity index (χ0) is 14.7. The van der Waals surface area contributed by atoms with Crippen LogP contribution >= 0.6 is 34.8 Å². The predicted molar refractivity (Wildman–Crippen MR) is 85.0 cm³/mol. The molecule has 0 amide bonds. The fraction of sp³-hybridized carbons (Fsp3) is 0.231. The van der Waals surface area contributed by atoms with Crippen molar-refractivity contribution in [2.24, 2.45) is 4.99 Å². The van der Waals surface area contributed by atoms with Crippen LogP contribution in [0.15, 0.2) is 23.2 Å². The van der Waals surface area contributed by atoms with Crippen LogP contribution < -0.4 is 4.74 Å². The summed E-state index contributed by atoms with van der Waals surface area (Å²) >= 11 is 17.6. The molecule has 4 nitrogen and oxygen atoms in total. The molecule has 2 rings (SSSR count). The van der Waals surface area contributed by atoms with E-state index in [1.165, 1.54) is 0 Å². The largest absolute Gasteiger partial charge is 0.423 e. The predicted octanol–water partition coefficient (Wildman–Crippen LogP) is 4.71. The van der Waals surface area contributed by atoms with E-state index < -0.39 is 0 Å². The number of rotatable bonds is 3. The van der Waals surface area contributed by atoms with Crippen molar-refractivity contribution in [1.82, 2.24) is 4.98 Å². The summed E-state index contributed by atoms with van der Waals surface area (Å²) in [5, 5.41) is 9.13. The Kier molecular flexibility index (Phi) is 4.91. The number of H-pyrrole nitrogens is 1. The summed E-state index contributed by atoms with van der Waals surface area (Å²) < 4.78 is 5.30. The molecule has 0 radical (unpaired) electrons. The minimum atomic E-state index is -0.325. The maximum atomic E-state index is 7.64. The number of fused-ring (bicyclic) bond motifs is 1. The van der Waals surface area contributed by atoms with Crippen LogP contribution in [0.4, 0.5) is 0 Å². The second-order valence-electron chi connectivity index (χ2n) is 4.13. The first-order valence-corrected chi connectivity index (χ1v) is 7.13. The quantitative estimate of drug-likeness (QED) is 0.477. The summed E-state index contributed by atoms with van der Waals surface area (Å²) in [5.74, 6) is 0.701. The molecule has 1 aromatic carbocycles. The van der Waals surface area contributed by atoms with Gasteiger partial charge in [0.25, 0.3) is 0 Å². The Balaban J connectivity index is 2.23. The highest BCUT2D eigenvalue weighted by molar-refractivity contribution is 6.66. The van der Waals surface area contributed by atoms with Crippen LogP contribution in [0.1, 0.15) is 12.1 Å². The average Bonchev–Trinajstić information content (AvgIpc) is 2.74. The van der Waals surface area contributed by atoms with Crippen LogP contribution in [0.2, 0.25) is 5.02 Å². The molecule has 0 aliphatic carbocycles. The summed E-state index contributed by atoms with van der Waals surface area (Å²) in [6, 6.07) is 5.10. The average molecular weight is 333 g/mol. The number of ether oxygens (including phenoxy) is 1. The fourth-order valence-corrected chi connectivity index (χ4v) is 2.44. The smallest absolute Gasteiger partial charge is 0.315 e. The van der Waals surface area contributed by atoms with E-state index in [0.717, 1.165) is 16.6 Å². The van der Waals surface area contributed by atoms with Crippen molar-refractivity contribution in [3.8, 4) is 5.75 Å². The number of hydrogen-bond acceptors (Lipinski definition) is 2. The van der Waals surface area contributed by atoms with Gasteiger partial charge in [-0.3, -0.25) is 0 Å². The highest BCUT2D eigenvalue weighted by Gasteiger charge is 2.11. The molecular formula is C13H12Cl3N3O. The van der Waals surface area contributed by atoms with E-state index in [1.54, 1.807) is 6.07 Å². The third kappa shape index (κ3) is 3.45. The van der Waals surface area contributed by atoms with Crippen molar-refractivity contribution in [2.75, 3.05) is 5.88 Å². The fourth-order valence-electron chi connectivity index (χ4n) is 1.74. The number of amidine groups is 1. The molecule has 0 spiro atoms. The zero-order valence-corrected chi connectivity index (χ0v) is 12.9. The Morgan fingerprint density at radius 1 is 1.45 bits per heavy atom. The van der Waals surface area contributed by atoms with Crippen molar-refractivity contribution in [3.05, 3.63) is 28.9 Å². The van der Waals surface area contributed by atoms with Gasteiger partial charge in [0.15, 0.2) is 0 Å². The second kappa shape index (κ2) is 6.48. The van der Waals surface area contributed by atoms with Crippen molar-refractivity contribution >= 4 is 56.9 Å². The Labute approximate surface area is 131 Å². The van der Waals surface area contributed by atoms with Crippen LogP contribution in [0.3, 0.4) is 0 Å². The number of aromatic nitrogens is 1. The zero-order valence-electron chi connectivity index (χ0n) is 10.6. The van der Waals surface area contributed by atoms with E-state index in [4.69, 9.17) is 44.9 Å². The van der Waals surface area contributed by atoms with E-state index in [0.29, 0.717) is 23.1 Å². The summed E-state index contributed by atoms with van der Waals surface area (Å²) in [6.45, 7) is 1.94. The third-order valence-electron chi connectivity index (χ3n) is 2.57. The van der Waals surface area contributed by atoms with E-state index in [2.05, 4.69) is 9.98 Å². The molecule has 20 heavy (non-hydrogen) atoms. The molecule has 106 valence electrons. The van der Waals surface area contributed by atoms with Gasteiger partial charge in [0, 0.05) is 28.9 Å². The first kappa shape index (κ1) is 15.2. The summed E-state index contributed by atoms with van der Waals surface area (Å²) in [6.07, 6.45) is 0.388. The van der Waals surface area contributed by atoms with Crippen molar-refractivity contribution in [1.29, 1.82) is 5.41 Å². The lowest BCUT2D eigenvalue weighted by molar-refractivity contribution is 0.539. The Hall–Kier alpha value is -1.23. The van der Waals surface area contributed by atoms with Crippen LogP contribution in [-0.4, -0.2) is 22.1 Å². The molecule has 0 saturated carbocycles. The lowest BCUT2D eigenvalue weighted by atomic mass is 10.2. The molecule has 0 bridgehead atoms. The molecule has 0 aliphatic heterocycles. The number of nitrogens with one attached hydrogen (secondary N) is 2. The van der Waals surface area contributed by atoms with Gasteiger partial charge in [-0.25, -0.2) is 5.41 Å². The topological polar surface area (TPSA) is 61.2 Å². The van der Waals surface area contributed by atoms with Crippen molar-refractivity contribution in [3.63, 3.8) is 0 Å². The summed E-state index contributed by atoms with van der Waals surface area (Å²) in [4.78, 5) is 6.95. The van der Waals surface area contributed by atoms with Gasteiger partial charge >= 0.3 is 6.02 Å². The van der Waals surface area contributed by atoms with E-state index in [9.17, 15) is 0 Å². The maximum absolute atomic E-state index is 7.64. The highest BCUT2D eigenvalue weighted by Crippen LogP contribution is 2.33. The normalized spacial score (nSPS) is 11.9. The number of aryl methyl sites for hydroxylation is 1.